The van der Waals surface area contributed by atoms with Crippen molar-refractivity contribution >= 4 is 23.4 Å². The van der Waals surface area contributed by atoms with Gasteiger partial charge in [0.15, 0.2) is 5.16 Å². The smallest absolute Gasteiger partial charge is 0.234 e. The van der Waals surface area contributed by atoms with Crippen LogP contribution < -0.4 is 5.32 Å². The number of hydrogen-bond donors (Lipinski definition) is 1. The molecule has 108 valence electrons. The molecule has 0 bridgehead atoms. The lowest BCUT2D eigenvalue weighted by molar-refractivity contribution is -0.113. The monoisotopic (exact) mass is 294 g/mol. The molecule has 8 heteroatoms. The van der Waals surface area contributed by atoms with E-state index in [1.54, 1.807) is 11.0 Å². The molecule has 0 spiro atoms. The molecule has 0 radical (unpaired) electrons. The highest BCUT2D eigenvalue weighted by Crippen LogP contribution is 2.20. The van der Waals surface area contributed by atoms with E-state index in [1.807, 2.05) is 32.4 Å². The first kappa shape index (κ1) is 14.6. The number of carbonyl (C=O) groups is 1. The molecule has 0 unspecified atom stereocenters. The van der Waals surface area contributed by atoms with E-state index >= 15 is 0 Å². The SMILES string of the molecule is CCn1cnnc1SCC(=O)Nc1c(C)nn(C)c1C. The van der Waals surface area contributed by atoms with Crippen LogP contribution in [0.3, 0.4) is 0 Å². The van der Waals surface area contributed by atoms with E-state index in [9.17, 15) is 4.79 Å². The molecule has 1 amide bonds. The second-order valence-corrected chi connectivity index (χ2v) is 5.35. The Labute approximate surface area is 121 Å². The molecular formula is C12H18N6OS. The van der Waals surface area contributed by atoms with Crippen LogP contribution >= 0.6 is 11.8 Å². The highest BCUT2D eigenvalue weighted by molar-refractivity contribution is 7.99. The maximum Gasteiger partial charge on any atom is 0.234 e. The Morgan fingerprint density at radius 1 is 1.45 bits per heavy atom. The summed E-state index contributed by atoms with van der Waals surface area (Å²) in [5, 5.41) is 15.7. The van der Waals surface area contributed by atoms with Gasteiger partial charge < -0.3 is 9.88 Å². The van der Waals surface area contributed by atoms with Crippen LogP contribution in [-0.4, -0.2) is 36.2 Å². The number of thioether (sulfide) groups is 1. The molecule has 1 N–H and O–H groups in total. The average Bonchev–Trinajstić information content (AvgIpc) is 2.96. The van der Waals surface area contributed by atoms with Gasteiger partial charge in [0.1, 0.15) is 6.33 Å². The number of nitrogens with zero attached hydrogens (tertiary/aromatic N) is 5. The Bertz CT molecular complexity index is 617. The summed E-state index contributed by atoms with van der Waals surface area (Å²) in [6.07, 6.45) is 1.66. The zero-order chi connectivity index (χ0) is 14.7. The number of hydrogen-bond acceptors (Lipinski definition) is 5. The van der Waals surface area contributed by atoms with E-state index in [0.29, 0.717) is 5.75 Å². The van der Waals surface area contributed by atoms with Gasteiger partial charge in [-0.3, -0.25) is 9.48 Å². The Morgan fingerprint density at radius 3 is 2.80 bits per heavy atom. The molecule has 0 aromatic carbocycles. The van der Waals surface area contributed by atoms with Crippen molar-refractivity contribution in [1.82, 2.24) is 24.5 Å². The van der Waals surface area contributed by atoms with Crippen molar-refractivity contribution in [3.8, 4) is 0 Å². The Balaban J connectivity index is 1.96. The normalized spacial score (nSPS) is 10.8. The van der Waals surface area contributed by atoms with Crippen molar-refractivity contribution in [2.24, 2.45) is 7.05 Å². The van der Waals surface area contributed by atoms with Gasteiger partial charge in [0, 0.05) is 13.6 Å². The van der Waals surface area contributed by atoms with Crippen LogP contribution in [0.5, 0.6) is 0 Å². The van der Waals surface area contributed by atoms with Crippen LogP contribution in [0.15, 0.2) is 11.5 Å². The Morgan fingerprint density at radius 2 is 2.20 bits per heavy atom. The molecular weight excluding hydrogens is 276 g/mol. The maximum absolute atomic E-state index is 12.0. The number of aromatic nitrogens is 5. The molecule has 0 atom stereocenters. The number of amides is 1. The first-order chi connectivity index (χ1) is 9.52. The minimum Gasteiger partial charge on any atom is -0.322 e. The van der Waals surface area contributed by atoms with Crippen LogP contribution in [0.25, 0.3) is 0 Å². The van der Waals surface area contributed by atoms with Crippen LogP contribution in [0.2, 0.25) is 0 Å². The summed E-state index contributed by atoms with van der Waals surface area (Å²) >= 11 is 1.37. The predicted octanol–water partition coefficient (Wildman–Crippen LogP) is 1.38. The minimum atomic E-state index is -0.0696. The fraction of sp³-hybridized carbons (Fsp3) is 0.500. The van der Waals surface area contributed by atoms with Gasteiger partial charge in [0.2, 0.25) is 5.91 Å². The summed E-state index contributed by atoms with van der Waals surface area (Å²) in [6.45, 7) is 6.60. The largest absolute Gasteiger partial charge is 0.322 e. The van der Waals surface area contributed by atoms with Gasteiger partial charge >= 0.3 is 0 Å². The van der Waals surface area contributed by atoms with E-state index in [0.717, 1.165) is 28.8 Å². The molecule has 0 aliphatic carbocycles. The second kappa shape index (κ2) is 6.08. The van der Waals surface area contributed by atoms with Crippen LogP contribution in [0, 0.1) is 13.8 Å². The summed E-state index contributed by atoms with van der Waals surface area (Å²) in [5.74, 6) is 0.229. The van der Waals surface area contributed by atoms with E-state index in [2.05, 4.69) is 20.6 Å². The third-order valence-electron chi connectivity index (χ3n) is 3.03. The first-order valence-corrected chi connectivity index (χ1v) is 7.32. The maximum atomic E-state index is 12.0. The highest BCUT2D eigenvalue weighted by atomic mass is 32.2. The molecule has 2 rings (SSSR count). The second-order valence-electron chi connectivity index (χ2n) is 4.41. The third-order valence-corrected chi connectivity index (χ3v) is 4.01. The predicted molar refractivity (Wildman–Crippen MR) is 77.7 cm³/mol. The number of carbonyl (C=O) groups excluding carboxylic acids is 1. The Kier molecular flexibility index (Phi) is 4.43. The van der Waals surface area contributed by atoms with Gasteiger partial charge in [-0.15, -0.1) is 10.2 Å². The quantitative estimate of drug-likeness (QED) is 0.843. The van der Waals surface area contributed by atoms with Gasteiger partial charge in [0.05, 0.1) is 22.8 Å². The molecule has 7 nitrogen and oxygen atoms in total. The molecule has 0 aliphatic rings. The van der Waals surface area contributed by atoms with E-state index in [4.69, 9.17) is 0 Å². The van der Waals surface area contributed by atoms with Crippen molar-refractivity contribution in [2.45, 2.75) is 32.5 Å². The Hall–Kier alpha value is -1.83. The van der Waals surface area contributed by atoms with Gasteiger partial charge in [0.25, 0.3) is 0 Å². The fourth-order valence-corrected chi connectivity index (χ4v) is 2.61. The van der Waals surface area contributed by atoms with Crippen molar-refractivity contribution in [2.75, 3.05) is 11.1 Å². The van der Waals surface area contributed by atoms with Gasteiger partial charge in [-0.25, -0.2) is 0 Å². The van der Waals surface area contributed by atoms with Gasteiger partial charge in [-0.1, -0.05) is 11.8 Å². The lowest BCUT2D eigenvalue weighted by Gasteiger charge is -2.06. The number of anilines is 1. The van der Waals surface area contributed by atoms with E-state index in [-0.39, 0.29) is 5.91 Å². The zero-order valence-electron chi connectivity index (χ0n) is 12.0. The summed E-state index contributed by atoms with van der Waals surface area (Å²) in [5.41, 5.74) is 2.55. The highest BCUT2D eigenvalue weighted by Gasteiger charge is 2.13. The van der Waals surface area contributed by atoms with Crippen molar-refractivity contribution < 1.29 is 4.79 Å². The van der Waals surface area contributed by atoms with Crippen LogP contribution in [0.4, 0.5) is 5.69 Å². The van der Waals surface area contributed by atoms with Crippen molar-refractivity contribution in [3.05, 3.63) is 17.7 Å². The molecule has 0 fully saturated rings. The van der Waals surface area contributed by atoms with Gasteiger partial charge in [-0.05, 0) is 20.8 Å². The molecule has 2 aromatic rings. The molecule has 0 saturated heterocycles. The van der Waals surface area contributed by atoms with Gasteiger partial charge in [-0.2, -0.15) is 5.10 Å². The molecule has 2 heterocycles. The molecule has 2 aromatic heterocycles. The molecule has 0 aliphatic heterocycles. The summed E-state index contributed by atoms with van der Waals surface area (Å²) in [4.78, 5) is 12.0. The standard InChI is InChI=1S/C12H18N6OS/c1-5-18-7-13-15-12(18)20-6-10(19)14-11-8(2)16-17(4)9(11)3/h7H,5-6H2,1-4H3,(H,14,19). The molecule has 20 heavy (non-hydrogen) atoms. The first-order valence-electron chi connectivity index (χ1n) is 6.33. The van der Waals surface area contributed by atoms with Crippen LogP contribution in [0.1, 0.15) is 18.3 Å². The average molecular weight is 294 g/mol. The van der Waals surface area contributed by atoms with Crippen molar-refractivity contribution in [3.63, 3.8) is 0 Å². The zero-order valence-corrected chi connectivity index (χ0v) is 12.9. The minimum absolute atomic E-state index is 0.0696. The summed E-state index contributed by atoms with van der Waals surface area (Å²) in [7, 11) is 1.86. The van der Waals surface area contributed by atoms with E-state index in [1.165, 1.54) is 11.8 Å². The van der Waals surface area contributed by atoms with Crippen molar-refractivity contribution in [1.29, 1.82) is 0 Å². The fourth-order valence-electron chi connectivity index (χ4n) is 1.83. The number of rotatable bonds is 5. The van der Waals surface area contributed by atoms with Crippen LogP contribution in [-0.2, 0) is 18.4 Å². The molecule has 0 saturated carbocycles. The topological polar surface area (TPSA) is 77.6 Å². The lowest BCUT2D eigenvalue weighted by atomic mass is 10.3. The third kappa shape index (κ3) is 3.01. The lowest BCUT2D eigenvalue weighted by Crippen LogP contribution is -2.15. The number of aryl methyl sites for hydroxylation is 3. The van der Waals surface area contributed by atoms with E-state index < -0.39 is 0 Å². The number of nitrogens with one attached hydrogen (secondary N) is 1. The summed E-state index contributed by atoms with van der Waals surface area (Å²) < 4.78 is 3.66. The summed E-state index contributed by atoms with van der Waals surface area (Å²) in [6, 6.07) is 0.